The molecule has 4 rings (SSSR count). The average molecular weight is 499 g/mol. The minimum Gasteiger partial charge on any atom is -0.493 e. The summed E-state index contributed by atoms with van der Waals surface area (Å²) in [7, 11) is 1.55. The van der Waals surface area contributed by atoms with Crippen LogP contribution in [0.2, 0.25) is 5.02 Å². The third-order valence-electron chi connectivity index (χ3n) is 4.53. The van der Waals surface area contributed by atoms with Crippen LogP contribution in [-0.2, 0) is 16.1 Å². The predicted octanol–water partition coefficient (Wildman–Crippen LogP) is 6.03. The van der Waals surface area contributed by atoms with Crippen molar-refractivity contribution in [1.29, 1.82) is 0 Å². The van der Waals surface area contributed by atoms with E-state index in [0.29, 0.717) is 26.6 Å². The summed E-state index contributed by atoms with van der Waals surface area (Å²) in [6.45, 7) is 0.284. The van der Waals surface area contributed by atoms with E-state index in [9.17, 15) is 4.79 Å². The molecule has 0 amide bonds. The Bertz CT molecular complexity index is 1190. The highest BCUT2D eigenvalue weighted by Gasteiger charge is 2.24. The monoisotopic (exact) mass is 497 g/mol. The zero-order valence-electron chi connectivity index (χ0n) is 16.5. The van der Waals surface area contributed by atoms with Gasteiger partial charge in [0.05, 0.1) is 11.6 Å². The van der Waals surface area contributed by atoms with Crippen molar-refractivity contribution in [3.05, 3.63) is 98.6 Å². The van der Waals surface area contributed by atoms with Gasteiger partial charge in [-0.15, -0.1) is 0 Å². The van der Waals surface area contributed by atoms with E-state index in [1.807, 2.05) is 60.7 Å². The summed E-state index contributed by atoms with van der Waals surface area (Å²) in [5.41, 5.74) is 2.51. The van der Waals surface area contributed by atoms with E-state index in [1.54, 1.807) is 19.3 Å². The summed E-state index contributed by atoms with van der Waals surface area (Å²) < 4.78 is 17.4. The number of ether oxygens (including phenoxy) is 3. The van der Waals surface area contributed by atoms with Crippen LogP contribution in [0.4, 0.5) is 0 Å². The maximum Gasteiger partial charge on any atom is 0.363 e. The molecule has 0 bridgehead atoms. The molecule has 0 saturated heterocycles. The zero-order chi connectivity index (χ0) is 21.8. The smallest absolute Gasteiger partial charge is 0.363 e. The van der Waals surface area contributed by atoms with Gasteiger partial charge in [0.1, 0.15) is 6.61 Å². The molecule has 0 aliphatic carbocycles. The second kappa shape index (κ2) is 9.37. The molecule has 0 spiro atoms. The minimum absolute atomic E-state index is 0.206. The second-order valence-electron chi connectivity index (χ2n) is 6.62. The van der Waals surface area contributed by atoms with Crippen LogP contribution in [0.1, 0.15) is 16.7 Å². The summed E-state index contributed by atoms with van der Waals surface area (Å²) in [5, 5.41) is 0.630. The van der Waals surface area contributed by atoms with Crippen LogP contribution in [0.25, 0.3) is 6.08 Å². The molecule has 0 fully saturated rings. The topological polar surface area (TPSA) is 57.1 Å². The fourth-order valence-corrected chi connectivity index (χ4v) is 3.76. The summed E-state index contributed by atoms with van der Waals surface area (Å²) in [6.07, 6.45) is 1.64. The van der Waals surface area contributed by atoms with Gasteiger partial charge in [-0.25, -0.2) is 9.79 Å². The third kappa shape index (κ3) is 4.81. The first-order chi connectivity index (χ1) is 15.0. The van der Waals surface area contributed by atoms with E-state index in [0.717, 1.165) is 11.1 Å². The van der Waals surface area contributed by atoms with Gasteiger partial charge in [0, 0.05) is 16.1 Å². The number of rotatable bonds is 6. The van der Waals surface area contributed by atoms with Crippen molar-refractivity contribution in [3.8, 4) is 11.5 Å². The minimum atomic E-state index is -0.506. The third-order valence-corrected chi connectivity index (χ3v) is 5.48. The Labute approximate surface area is 193 Å². The zero-order valence-corrected chi connectivity index (χ0v) is 18.8. The van der Waals surface area contributed by atoms with Crippen LogP contribution < -0.4 is 9.47 Å². The van der Waals surface area contributed by atoms with Gasteiger partial charge in [0.2, 0.25) is 5.90 Å². The van der Waals surface area contributed by atoms with Crippen molar-refractivity contribution >= 4 is 45.5 Å². The highest BCUT2D eigenvalue weighted by atomic mass is 79.9. The van der Waals surface area contributed by atoms with E-state index in [1.165, 1.54) is 0 Å². The summed E-state index contributed by atoms with van der Waals surface area (Å²) >= 11 is 9.73. The largest absolute Gasteiger partial charge is 0.493 e. The Morgan fingerprint density at radius 1 is 1.10 bits per heavy atom. The molecule has 3 aromatic rings. The van der Waals surface area contributed by atoms with Gasteiger partial charge < -0.3 is 14.2 Å². The lowest BCUT2D eigenvalue weighted by Crippen LogP contribution is -2.05. The number of benzene rings is 3. The molecule has 0 aromatic heterocycles. The van der Waals surface area contributed by atoms with Gasteiger partial charge in [-0.05, 0) is 57.9 Å². The Morgan fingerprint density at radius 3 is 2.58 bits per heavy atom. The van der Waals surface area contributed by atoms with Gasteiger partial charge in [-0.1, -0.05) is 48.0 Å². The lowest BCUT2D eigenvalue weighted by Gasteiger charge is -2.14. The standard InChI is InChI=1S/C24H17BrClNO4/c1-29-21-13-15(11-18(25)22(21)30-14-17-9-5-6-10-19(17)26)12-20-24(28)31-23(27-20)16-7-3-2-4-8-16/h2-13H,14H2,1H3. The van der Waals surface area contributed by atoms with Crippen molar-refractivity contribution in [2.75, 3.05) is 7.11 Å². The quantitative estimate of drug-likeness (QED) is 0.307. The van der Waals surface area contributed by atoms with E-state index >= 15 is 0 Å². The highest BCUT2D eigenvalue weighted by molar-refractivity contribution is 9.10. The molecular formula is C24H17BrClNO4. The van der Waals surface area contributed by atoms with Crippen molar-refractivity contribution in [2.45, 2.75) is 6.61 Å². The summed E-state index contributed by atoms with van der Waals surface area (Å²) in [6, 6.07) is 20.3. The van der Waals surface area contributed by atoms with Crippen LogP contribution >= 0.6 is 27.5 Å². The van der Waals surface area contributed by atoms with Gasteiger partial charge >= 0.3 is 5.97 Å². The highest BCUT2D eigenvalue weighted by Crippen LogP contribution is 2.38. The molecular weight excluding hydrogens is 482 g/mol. The summed E-state index contributed by atoms with van der Waals surface area (Å²) in [4.78, 5) is 16.6. The lowest BCUT2D eigenvalue weighted by atomic mass is 10.1. The van der Waals surface area contributed by atoms with Crippen LogP contribution in [-0.4, -0.2) is 19.0 Å². The van der Waals surface area contributed by atoms with Gasteiger partial charge in [0.15, 0.2) is 17.2 Å². The molecule has 1 aliphatic rings. The number of nitrogens with zero attached hydrogens (tertiary/aromatic N) is 1. The first kappa shape index (κ1) is 21.2. The fourth-order valence-electron chi connectivity index (χ4n) is 3.00. The molecule has 1 aliphatic heterocycles. The first-order valence-electron chi connectivity index (χ1n) is 9.37. The molecule has 1 heterocycles. The van der Waals surface area contributed by atoms with Crippen LogP contribution in [0, 0.1) is 0 Å². The molecule has 7 heteroatoms. The molecule has 0 atom stereocenters. The molecule has 3 aromatic carbocycles. The molecule has 0 radical (unpaired) electrons. The van der Waals surface area contributed by atoms with Gasteiger partial charge in [-0.2, -0.15) is 0 Å². The number of aliphatic imine (C=N–C) groups is 1. The van der Waals surface area contributed by atoms with E-state index in [2.05, 4.69) is 20.9 Å². The summed E-state index contributed by atoms with van der Waals surface area (Å²) in [5.74, 6) is 0.814. The van der Waals surface area contributed by atoms with Crippen LogP contribution in [0.5, 0.6) is 11.5 Å². The maximum absolute atomic E-state index is 12.3. The van der Waals surface area contributed by atoms with Gasteiger partial charge in [-0.3, -0.25) is 0 Å². The second-order valence-corrected chi connectivity index (χ2v) is 7.88. The molecule has 31 heavy (non-hydrogen) atoms. The van der Waals surface area contributed by atoms with Crippen molar-refractivity contribution in [1.82, 2.24) is 0 Å². The molecule has 0 unspecified atom stereocenters. The molecule has 0 saturated carbocycles. The van der Waals surface area contributed by atoms with Crippen molar-refractivity contribution in [3.63, 3.8) is 0 Å². The number of cyclic esters (lactones) is 1. The number of carbonyl (C=O) groups excluding carboxylic acids is 1. The Hall–Kier alpha value is -3.09. The molecule has 5 nitrogen and oxygen atoms in total. The van der Waals surface area contributed by atoms with Gasteiger partial charge in [0.25, 0.3) is 0 Å². The Kier molecular flexibility index (Phi) is 6.39. The number of carbonyl (C=O) groups is 1. The number of methoxy groups -OCH3 is 1. The van der Waals surface area contributed by atoms with Crippen molar-refractivity contribution < 1.29 is 19.0 Å². The molecule has 156 valence electrons. The SMILES string of the molecule is COc1cc(C=C2N=C(c3ccccc3)OC2=O)cc(Br)c1OCc1ccccc1Cl. The fraction of sp³-hybridized carbons (Fsp3) is 0.0833. The van der Waals surface area contributed by atoms with Crippen LogP contribution in [0.15, 0.2) is 81.9 Å². The van der Waals surface area contributed by atoms with Crippen LogP contribution in [0.3, 0.4) is 0 Å². The van der Waals surface area contributed by atoms with E-state index in [4.69, 9.17) is 25.8 Å². The predicted molar refractivity (Wildman–Crippen MR) is 124 cm³/mol. The molecule has 0 N–H and O–H groups in total. The van der Waals surface area contributed by atoms with E-state index < -0.39 is 5.97 Å². The Balaban J connectivity index is 1.60. The van der Waals surface area contributed by atoms with Crippen molar-refractivity contribution in [2.24, 2.45) is 4.99 Å². The normalized spacial score (nSPS) is 14.4. The lowest BCUT2D eigenvalue weighted by molar-refractivity contribution is -0.129. The number of halogens is 2. The number of hydrogen-bond acceptors (Lipinski definition) is 5. The average Bonchev–Trinajstić information content (AvgIpc) is 3.14. The number of hydrogen-bond donors (Lipinski definition) is 0. The Morgan fingerprint density at radius 2 is 1.84 bits per heavy atom. The number of esters is 1. The maximum atomic E-state index is 12.3. The first-order valence-corrected chi connectivity index (χ1v) is 10.5. The van der Waals surface area contributed by atoms with E-state index in [-0.39, 0.29) is 18.2 Å².